The van der Waals surface area contributed by atoms with Crippen molar-refractivity contribution in [3.63, 3.8) is 0 Å². The Morgan fingerprint density at radius 1 is 0.714 bits per heavy atom. The Hall–Kier alpha value is 0. The maximum atomic E-state index is 2.62. The molecule has 120 valence electrons. The van der Waals surface area contributed by atoms with E-state index in [-0.39, 0.29) is 0 Å². The van der Waals surface area contributed by atoms with Crippen molar-refractivity contribution in [3.05, 3.63) is 0 Å². The van der Waals surface area contributed by atoms with Crippen LogP contribution >= 0.6 is 0 Å². The first-order valence-electron chi connectivity index (χ1n) is 10.2. The van der Waals surface area contributed by atoms with Gasteiger partial charge < -0.3 is 0 Å². The SMILES string of the molecule is CC1(CC2CCC3C(C2)CC2CCCCC23)CCCCC1. The highest BCUT2D eigenvalue weighted by atomic mass is 14.5. The molecule has 0 saturated heterocycles. The smallest absolute Gasteiger partial charge is 0.0323 e. The summed E-state index contributed by atoms with van der Waals surface area (Å²) in [6.45, 7) is 2.62. The summed E-state index contributed by atoms with van der Waals surface area (Å²) in [5, 5.41) is 0. The van der Waals surface area contributed by atoms with E-state index in [1.807, 2.05) is 0 Å². The fourth-order valence-corrected chi connectivity index (χ4v) is 7.19. The summed E-state index contributed by atoms with van der Waals surface area (Å²) in [7, 11) is 0. The molecule has 0 aromatic rings. The fraction of sp³-hybridized carbons (Fsp3) is 1.00. The van der Waals surface area contributed by atoms with Gasteiger partial charge in [-0.05, 0) is 80.0 Å². The second-order valence-electron chi connectivity index (χ2n) is 9.62. The lowest BCUT2D eigenvalue weighted by Gasteiger charge is -2.41. The van der Waals surface area contributed by atoms with Crippen LogP contribution in [0.4, 0.5) is 0 Å². The molecule has 21 heavy (non-hydrogen) atoms. The molecule has 4 aliphatic carbocycles. The van der Waals surface area contributed by atoms with Gasteiger partial charge in [-0.15, -0.1) is 0 Å². The molecule has 0 amide bonds. The van der Waals surface area contributed by atoms with Crippen molar-refractivity contribution in [2.24, 2.45) is 35.0 Å². The van der Waals surface area contributed by atoms with E-state index in [2.05, 4.69) is 6.92 Å². The lowest BCUT2D eigenvalue weighted by molar-refractivity contribution is 0.0997. The van der Waals surface area contributed by atoms with Crippen molar-refractivity contribution in [2.75, 3.05) is 0 Å². The second-order valence-corrected chi connectivity index (χ2v) is 9.62. The lowest BCUT2D eigenvalue weighted by Crippen LogP contribution is -2.30. The predicted octanol–water partition coefficient (Wildman–Crippen LogP) is 6.59. The Labute approximate surface area is 132 Å². The molecule has 5 atom stereocenters. The Morgan fingerprint density at radius 3 is 2.33 bits per heavy atom. The minimum absolute atomic E-state index is 0.723. The average molecular weight is 289 g/mol. The van der Waals surface area contributed by atoms with Gasteiger partial charge in [0.05, 0.1) is 0 Å². The summed E-state index contributed by atoms with van der Waals surface area (Å²) in [6, 6.07) is 0. The zero-order valence-electron chi connectivity index (χ0n) is 14.3. The van der Waals surface area contributed by atoms with Crippen molar-refractivity contribution < 1.29 is 0 Å². The Kier molecular flexibility index (Phi) is 4.09. The van der Waals surface area contributed by atoms with Crippen molar-refractivity contribution >= 4 is 0 Å². The molecule has 4 aliphatic rings. The van der Waals surface area contributed by atoms with E-state index in [4.69, 9.17) is 0 Å². The lowest BCUT2D eigenvalue weighted by atomic mass is 9.64. The average Bonchev–Trinajstić information content (AvgIpc) is 2.85. The summed E-state index contributed by atoms with van der Waals surface area (Å²) in [5.74, 6) is 5.71. The van der Waals surface area contributed by atoms with Crippen molar-refractivity contribution in [1.82, 2.24) is 0 Å². The number of rotatable bonds is 2. The molecule has 0 heteroatoms. The maximum Gasteiger partial charge on any atom is -0.0323 e. The molecular weight excluding hydrogens is 252 g/mol. The predicted molar refractivity (Wildman–Crippen MR) is 90.2 cm³/mol. The van der Waals surface area contributed by atoms with Crippen LogP contribution in [0.15, 0.2) is 0 Å². The van der Waals surface area contributed by atoms with Crippen molar-refractivity contribution in [1.29, 1.82) is 0 Å². The molecule has 0 aromatic heterocycles. The molecule has 0 aromatic carbocycles. The molecule has 0 spiro atoms. The largest absolute Gasteiger partial charge is 0.0596 e. The van der Waals surface area contributed by atoms with Gasteiger partial charge in [0.15, 0.2) is 0 Å². The van der Waals surface area contributed by atoms with E-state index >= 15 is 0 Å². The normalized spacial score (nSPS) is 45.9. The zero-order valence-corrected chi connectivity index (χ0v) is 14.3. The topological polar surface area (TPSA) is 0 Å². The maximum absolute atomic E-state index is 2.62. The molecule has 4 fully saturated rings. The highest BCUT2D eigenvalue weighted by Crippen LogP contribution is 2.56. The fourth-order valence-electron chi connectivity index (χ4n) is 7.19. The number of fused-ring (bicyclic) bond motifs is 3. The van der Waals surface area contributed by atoms with Crippen molar-refractivity contribution in [2.45, 2.75) is 96.8 Å². The van der Waals surface area contributed by atoms with Crippen LogP contribution in [-0.4, -0.2) is 0 Å². The van der Waals surface area contributed by atoms with Crippen LogP contribution in [0, 0.1) is 35.0 Å². The minimum atomic E-state index is 0.723. The van der Waals surface area contributed by atoms with Crippen LogP contribution in [0.25, 0.3) is 0 Å². The molecular formula is C21H36. The van der Waals surface area contributed by atoms with Gasteiger partial charge in [-0.1, -0.05) is 51.9 Å². The van der Waals surface area contributed by atoms with Gasteiger partial charge in [0.25, 0.3) is 0 Å². The highest BCUT2D eigenvalue weighted by molar-refractivity contribution is 4.97. The Bertz CT molecular complexity index is 351. The van der Waals surface area contributed by atoms with Gasteiger partial charge in [0.2, 0.25) is 0 Å². The number of hydrogen-bond acceptors (Lipinski definition) is 0. The van der Waals surface area contributed by atoms with Gasteiger partial charge in [-0.25, -0.2) is 0 Å². The van der Waals surface area contributed by atoms with E-state index in [1.54, 1.807) is 57.8 Å². The zero-order chi connectivity index (χ0) is 14.3. The van der Waals surface area contributed by atoms with Gasteiger partial charge in [-0.2, -0.15) is 0 Å². The van der Waals surface area contributed by atoms with Crippen molar-refractivity contribution in [3.8, 4) is 0 Å². The van der Waals surface area contributed by atoms with E-state index in [9.17, 15) is 0 Å². The number of hydrogen-bond donors (Lipinski definition) is 0. The van der Waals surface area contributed by atoms with E-state index in [1.165, 1.54) is 32.1 Å². The van der Waals surface area contributed by atoms with Gasteiger partial charge in [0.1, 0.15) is 0 Å². The van der Waals surface area contributed by atoms with Crippen LogP contribution < -0.4 is 0 Å². The standard InChI is InChI=1S/C21H36/c1-21(11-5-2-6-12-21)15-16-9-10-20-18(13-16)14-17-7-3-4-8-19(17)20/h16-20H,2-15H2,1H3. The van der Waals surface area contributed by atoms with Crippen LogP contribution in [0.5, 0.6) is 0 Å². The molecule has 4 rings (SSSR count). The van der Waals surface area contributed by atoms with E-state index < -0.39 is 0 Å². The summed E-state index contributed by atoms with van der Waals surface area (Å²) in [5.41, 5.74) is 0.723. The van der Waals surface area contributed by atoms with Crippen LogP contribution in [0.1, 0.15) is 96.8 Å². The van der Waals surface area contributed by atoms with Crippen LogP contribution in [-0.2, 0) is 0 Å². The van der Waals surface area contributed by atoms with E-state index in [0.29, 0.717) is 0 Å². The Morgan fingerprint density at radius 2 is 1.48 bits per heavy atom. The van der Waals surface area contributed by atoms with Crippen LogP contribution in [0.3, 0.4) is 0 Å². The summed E-state index contributed by atoms with van der Waals surface area (Å²) in [4.78, 5) is 0. The quantitative estimate of drug-likeness (QED) is 0.537. The second kappa shape index (κ2) is 5.89. The first kappa shape index (κ1) is 14.6. The summed E-state index contributed by atoms with van der Waals surface area (Å²) < 4.78 is 0. The molecule has 0 radical (unpaired) electrons. The monoisotopic (exact) mass is 288 g/mol. The molecule has 0 heterocycles. The molecule has 0 bridgehead atoms. The third-order valence-electron chi connectivity index (χ3n) is 8.12. The first-order chi connectivity index (χ1) is 10.2. The third-order valence-corrected chi connectivity index (χ3v) is 8.12. The van der Waals surface area contributed by atoms with E-state index in [0.717, 1.165) is 35.0 Å². The minimum Gasteiger partial charge on any atom is -0.0596 e. The van der Waals surface area contributed by atoms with Crippen LogP contribution in [0.2, 0.25) is 0 Å². The van der Waals surface area contributed by atoms with Gasteiger partial charge in [0, 0.05) is 0 Å². The first-order valence-corrected chi connectivity index (χ1v) is 10.2. The van der Waals surface area contributed by atoms with Gasteiger partial charge in [-0.3, -0.25) is 0 Å². The highest BCUT2D eigenvalue weighted by Gasteiger charge is 2.46. The molecule has 0 nitrogen and oxygen atoms in total. The molecule has 0 aliphatic heterocycles. The molecule has 0 N–H and O–H groups in total. The Balaban J connectivity index is 1.36. The molecule has 5 unspecified atom stereocenters. The summed E-state index contributed by atoms with van der Waals surface area (Å²) in [6.07, 6.45) is 21.9. The van der Waals surface area contributed by atoms with Gasteiger partial charge >= 0.3 is 0 Å². The third kappa shape index (κ3) is 2.93. The molecule has 4 saturated carbocycles. The summed E-state index contributed by atoms with van der Waals surface area (Å²) >= 11 is 0.